The first-order valence-corrected chi connectivity index (χ1v) is 10.3. The van der Waals surface area contributed by atoms with Crippen LogP contribution in [0, 0.1) is 5.41 Å². The molecule has 0 radical (unpaired) electrons. The molecule has 0 aliphatic carbocycles. The van der Waals surface area contributed by atoms with Crippen LogP contribution in [0.25, 0.3) is 5.95 Å². The van der Waals surface area contributed by atoms with Crippen molar-refractivity contribution in [2.45, 2.75) is 13.0 Å². The zero-order chi connectivity index (χ0) is 24.1. The van der Waals surface area contributed by atoms with E-state index in [2.05, 4.69) is 30.4 Å². The van der Waals surface area contributed by atoms with E-state index in [4.69, 9.17) is 20.6 Å². The molecule has 4 rings (SSSR count). The second kappa shape index (κ2) is 9.81. The number of H-pyrrole nitrogens is 1. The van der Waals surface area contributed by atoms with Gasteiger partial charge in [-0.3, -0.25) is 10.4 Å². The molecule has 0 aliphatic heterocycles. The Morgan fingerprint density at radius 3 is 2.62 bits per heavy atom. The highest BCUT2D eigenvalue weighted by molar-refractivity contribution is 5.95. The molecule has 34 heavy (non-hydrogen) atoms. The SMILES string of the molecule is CCOc1cc(C(Nc2ccc(C(=N)N)cc2)c2nn(-c3ncccn3)c(=O)[nH]2)cnc1OC. The van der Waals surface area contributed by atoms with Crippen molar-refractivity contribution in [3.8, 4) is 17.6 Å². The summed E-state index contributed by atoms with van der Waals surface area (Å²) in [5, 5.41) is 15.4. The summed E-state index contributed by atoms with van der Waals surface area (Å²) in [6.07, 6.45) is 4.66. The number of hydrogen-bond acceptors (Lipinski definition) is 9. The number of hydrogen-bond donors (Lipinski definition) is 4. The van der Waals surface area contributed by atoms with Crippen LogP contribution in [-0.2, 0) is 0 Å². The van der Waals surface area contributed by atoms with Crippen molar-refractivity contribution in [3.63, 3.8) is 0 Å². The van der Waals surface area contributed by atoms with Crippen molar-refractivity contribution in [2.24, 2.45) is 5.73 Å². The van der Waals surface area contributed by atoms with Gasteiger partial charge in [0.25, 0.3) is 11.8 Å². The van der Waals surface area contributed by atoms with Crippen LogP contribution in [-0.4, -0.2) is 49.3 Å². The fourth-order valence-corrected chi connectivity index (χ4v) is 3.25. The molecule has 3 aromatic heterocycles. The van der Waals surface area contributed by atoms with Crippen molar-refractivity contribution < 1.29 is 9.47 Å². The van der Waals surface area contributed by atoms with Crippen LogP contribution in [0.2, 0.25) is 0 Å². The van der Waals surface area contributed by atoms with Gasteiger partial charge in [0.1, 0.15) is 11.9 Å². The molecule has 0 bridgehead atoms. The summed E-state index contributed by atoms with van der Waals surface area (Å²) in [5.41, 5.74) is 7.02. The molecule has 0 saturated heterocycles. The number of rotatable bonds is 9. The fourth-order valence-electron chi connectivity index (χ4n) is 3.25. The lowest BCUT2D eigenvalue weighted by Gasteiger charge is -2.19. The standard InChI is InChI=1S/C22H23N9O3/c1-3-34-16-11-14(12-27-20(16)33-2)17(28-15-7-5-13(6-8-15)18(23)24)19-29-22(32)31(30-19)21-25-9-4-10-26-21/h4-12,17,28H,3H2,1-2H3,(H3,23,24)(H,29,30,32). The summed E-state index contributed by atoms with van der Waals surface area (Å²) in [4.78, 5) is 28.0. The molecule has 0 spiro atoms. The summed E-state index contributed by atoms with van der Waals surface area (Å²) < 4.78 is 12.1. The Labute approximate surface area is 194 Å². The number of nitrogens with zero attached hydrogens (tertiary/aromatic N) is 5. The lowest BCUT2D eigenvalue weighted by atomic mass is 10.1. The third kappa shape index (κ3) is 4.70. The zero-order valence-corrected chi connectivity index (χ0v) is 18.5. The first-order valence-electron chi connectivity index (χ1n) is 10.3. The highest BCUT2D eigenvalue weighted by atomic mass is 16.5. The third-order valence-electron chi connectivity index (χ3n) is 4.82. The molecule has 1 unspecified atom stereocenters. The van der Waals surface area contributed by atoms with Crippen LogP contribution in [0.5, 0.6) is 11.6 Å². The highest BCUT2D eigenvalue weighted by Gasteiger charge is 2.23. The van der Waals surface area contributed by atoms with E-state index in [1.54, 1.807) is 42.6 Å². The first-order chi connectivity index (χ1) is 16.5. The van der Waals surface area contributed by atoms with Gasteiger partial charge in [0.05, 0.1) is 13.7 Å². The number of methoxy groups -OCH3 is 1. The highest BCUT2D eigenvalue weighted by Crippen LogP contribution is 2.31. The fraction of sp³-hybridized carbons (Fsp3) is 0.182. The molecule has 3 heterocycles. The van der Waals surface area contributed by atoms with Crippen molar-refractivity contribution in [1.82, 2.24) is 29.7 Å². The Morgan fingerprint density at radius 2 is 1.97 bits per heavy atom. The predicted molar refractivity (Wildman–Crippen MR) is 125 cm³/mol. The Kier molecular flexibility index (Phi) is 6.48. The Morgan fingerprint density at radius 1 is 1.24 bits per heavy atom. The van der Waals surface area contributed by atoms with Crippen molar-refractivity contribution in [1.29, 1.82) is 5.41 Å². The lowest BCUT2D eigenvalue weighted by Crippen LogP contribution is -2.18. The zero-order valence-electron chi connectivity index (χ0n) is 18.5. The van der Waals surface area contributed by atoms with E-state index < -0.39 is 11.7 Å². The van der Waals surface area contributed by atoms with E-state index in [1.807, 2.05) is 6.92 Å². The molecular formula is C22H23N9O3. The molecule has 12 nitrogen and oxygen atoms in total. The maximum atomic E-state index is 12.7. The predicted octanol–water partition coefficient (Wildman–Crippen LogP) is 1.64. The number of nitrogens with two attached hydrogens (primary N) is 1. The van der Waals surface area contributed by atoms with Crippen LogP contribution >= 0.6 is 0 Å². The quantitative estimate of drug-likeness (QED) is 0.214. The van der Waals surface area contributed by atoms with Crippen LogP contribution in [0.4, 0.5) is 5.69 Å². The normalized spacial score (nSPS) is 11.6. The van der Waals surface area contributed by atoms with Crippen LogP contribution < -0.4 is 26.2 Å². The second-order valence-corrected chi connectivity index (χ2v) is 7.05. The molecule has 174 valence electrons. The minimum Gasteiger partial charge on any atom is -0.488 e. The monoisotopic (exact) mass is 461 g/mol. The molecule has 0 fully saturated rings. The van der Waals surface area contributed by atoms with Gasteiger partial charge in [-0.05, 0) is 43.3 Å². The summed E-state index contributed by atoms with van der Waals surface area (Å²) in [5.74, 6) is 1.21. The minimum absolute atomic E-state index is 0.0326. The van der Waals surface area contributed by atoms with E-state index in [0.29, 0.717) is 40.9 Å². The molecular weight excluding hydrogens is 438 g/mol. The van der Waals surface area contributed by atoms with Crippen molar-refractivity contribution in [2.75, 3.05) is 19.0 Å². The van der Waals surface area contributed by atoms with Crippen LogP contribution in [0.1, 0.15) is 29.9 Å². The summed E-state index contributed by atoms with van der Waals surface area (Å²) in [7, 11) is 1.51. The number of nitrogens with one attached hydrogen (secondary N) is 3. The summed E-state index contributed by atoms with van der Waals surface area (Å²) in [6.45, 7) is 2.28. The molecule has 1 atom stereocenters. The van der Waals surface area contributed by atoms with E-state index in [9.17, 15) is 4.79 Å². The van der Waals surface area contributed by atoms with Crippen LogP contribution in [0.3, 0.4) is 0 Å². The van der Waals surface area contributed by atoms with E-state index in [0.717, 1.165) is 4.68 Å². The Hall–Kier alpha value is -4.74. The number of aromatic amines is 1. The van der Waals surface area contributed by atoms with E-state index in [1.165, 1.54) is 19.5 Å². The average molecular weight is 461 g/mol. The number of ether oxygens (including phenoxy) is 2. The maximum absolute atomic E-state index is 12.7. The third-order valence-corrected chi connectivity index (χ3v) is 4.82. The van der Waals surface area contributed by atoms with Gasteiger partial charge in [-0.15, -0.1) is 9.78 Å². The average Bonchev–Trinajstić information content (AvgIpc) is 3.24. The number of benzene rings is 1. The van der Waals surface area contributed by atoms with Gasteiger partial charge < -0.3 is 20.5 Å². The Balaban J connectivity index is 1.78. The van der Waals surface area contributed by atoms with Gasteiger partial charge in [0.2, 0.25) is 0 Å². The number of pyridine rings is 1. The molecule has 0 aliphatic rings. The topological polar surface area (TPSA) is 170 Å². The molecule has 1 aromatic carbocycles. The smallest absolute Gasteiger partial charge is 0.350 e. The molecule has 0 saturated carbocycles. The number of amidine groups is 1. The van der Waals surface area contributed by atoms with Gasteiger partial charge >= 0.3 is 5.69 Å². The minimum atomic E-state index is -0.626. The first kappa shape index (κ1) is 22.5. The summed E-state index contributed by atoms with van der Waals surface area (Å²) >= 11 is 0. The van der Waals surface area contributed by atoms with Gasteiger partial charge in [-0.1, -0.05) is 0 Å². The van der Waals surface area contributed by atoms with Crippen molar-refractivity contribution in [3.05, 3.63) is 82.4 Å². The molecule has 0 amide bonds. The van der Waals surface area contributed by atoms with Gasteiger partial charge in [-0.2, -0.15) is 0 Å². The summed E-state index contributed by atoms with van der Waals surface area (Å²) in [6, 6.07) is 9.79. The van der Waals surface area contributed by atoms with Crippen molar-refractivity contribution >= 4 is 11.5 Å². The van der Waals surface area contributed by atoms with E-state index >= 15 is 0 Å². The number of nitrogen functional groups attached to an aromatic ring is 1. The second-order valence-electron chi connectivity index (χ2n) is 7.05. The largest absolute Gasteiger partial charge is 0.488 e. The van der Waals surface area contributed by atoms with E-state index in [-0.39, 0.29) is 11.8 Å². The lowest BCUT2D eigenvalue weighted by molar-refractivity contribution is 0.303. The van der Waals surface area contributed by atoms with Gasteiger partial charge in [0.15, 0.2) is 11.6 Å². The van der Waals surface area contributed by atoms with Gasteiger partial charge in [0, 0.05) is 35.4 Å². The number of aromatic nitrogens is 6. The Bertz CT molecular complexity index is 1330. The molecule has 12 heteroatoms. The van der Waals surface area contributed by atoms with Gasteiger partial charge in [-0.25, -0.2) is 19.7 Å². The molecule has 5 N–H and O–H groups in total. The molecule has 4 aromatic rings. The maximum Gasteiger partial charge on any atom is 0.350 e. The number of anilines is 1. The van der Waals surface area contributed by atoms with Crippen LogP contribution in [0.15, 0.2) is 59.8 Å².